The van der Waals surface area contributed by atoms with E-state index in [1.807, 2.05) is 0 Å². The van der Waals surface area contributed by atoms with Crippen molar-refractivity contribution in [2.45, 2.75) is 58.5 Å². The average Bonchev–Trinajstić information content (AvgIpc) is 2.23. The quantitative estimate of drug-likeness (QED) is 0.550. The molecular weight excluding hydrogens is 224 g/mol. The van der Waals surface area contributed by atoms with E-state index >= 15 is 0 Å². The summed E-state index contributed by atoms with van der Waals surface area (Å²) in [5.74, 6) is 0.829. The lowest BCUT2D eigenvalue weighted by Gasteiger charge is -2.66. The Morgan fingerprint density at radius 3 is 1.94 bits per heavy atom. The first-order valence-corrected chi connectivity index (χ1v) is 7.14. The summed E-state index contributed by atoms with van der Waals surface area (Å²) < 4.78 is 5.80. The van der Waals surface area contributed by atoms with Crippen molar-refractivity contribution in [3.05, 3.63) is 12.7 Å². The zero-order chi connectivity index (χ0) is 13.2. The molecule has 4 bridgehead atoms. The molecule has 0 aromatic carbocycles. The third-order valence-electron chi connectivity index (χ3n) is 5.92. The van der Waals surface area contributed by atoms with Crippen LogP contribution in [0, 0.1) is 22.7 Å². The maximum absolute atomic E-state index is 11.6. The van der Waals surface area contributed by atoms with Crippen LogP contribution in [-0.4, -0.2) is 11.6 Å². The van der Waals surface area contributed by atoms with Crippen molar-refractivity contribution in [2.75, 3.05) is 0 Å². The highest BCUT2D eigenvalue weighted by Crippen LogP contribution is 2.68. The Morgan fingerprint density at radius 1 is 1.11 bits per heavy atom. The summed E-state index contributed by atoms with van der Waals surface area (Å²) in [4.78, 5) is 11.6. The second kappa shape index (κ2) is 3.40. The number of rotatable bonds is 2. The van der Waals surface area contributed by atoms with Crippen LogP contribution in [0.1, 0.15) is 52.9 Å². The van der Waals surface area contributed by atoms with Crippen LogP contribution >= 0.6 is 0 Å². The Labute approximate surface area is 110 Å². The van der Waals surface area contributed by atoms with Gasteiger partial charge in [-0.05, 0) is 61.7 Å². The summed E-state index contributed by atoms with van der Waals surface area (Å²) in [5, 5.41) is 0. The first-order chi connectivity index (χ1) is 8.29. The van der Waals surface area contributed by atoms with E-state index in [9.17, 15) is 4.79 Å². The minimum atomic E-state index is -0.250. The highest BCUT2D eigenvalue weighted by atomic mass is 16.6. The van der Waals surface area contributed by atoms with E-state index in [4.69, 9.17) is 4.74 Å². The summed E-state index contributed by atoms with van der Waals surface area (Å²) in [6.07, 6.45) is 7.55. The van der Waals surface area contributed by atoms with Gasteiger partial charge < -0.3 is 4.74 Å². The largest absolute Gasteiger partial charge is 0.456 e. The number of hydrogen-bond acceptors (Lipinski definition) is 2. The normalized spacial score (nSPS) is 53.3. The minimum absolute atomic E-state index is 0.245. The molecule has 0 aromatic heterocycles. The van der Waals surface area contributed by atoms with Gasteiger partial charge in [0.05, 0.1) is 0 Å². The van der Waals surface area contributed by atoms with Crippen molar-refractivity contribution in [2.24, 2.45) is 22.7 Å². The topological polar surface area (TPSA) is 26.3 Å². The van der Waals surface area contributed by atoms with Crippen LogP contribution < -0.4 is 0 Å². The van der Waals surface area contributed by atoms with E-state index in [0.717, 1.165) is 0 Å². The molecule has 0 N–H and O–H groups in total. The smallest absolute Gasteiger partial charge is 0.330 e. The van der Waals surface area contributed by atoms with E-state index in [1.54, 1.807) is 0 Å². The second-order valence-electron chi connectivity index (χ2n) is 7.82. The van der Waals surface area contributed by atoms with E-state index in [0.29, 0.717) is 22.7 Å². The molecule has 0 saturated heterocycles. The zero-order valence-electron chi connectivity index (χ0n) is 11.8. The molecule has 2 nitrogen and oxygen atoms in total. The van der Waals surface area contributed by atoms with Gasteiger partial charge in [0.25, 0.3) is 0 Å². The molecule has 0 radical (unpaired) electrons. The summed E-state index contributed by atoms with van der Waals surface area (Å²) in [5.41, 5.74) is 0.728. The van der Waals surface area contributed by atoms with Crippen molar-refractivity contribution >= 4 is 5.97 Å². The first kappa shape index (κ1) is 12.3. The second-order valence-corrected chi connectivity index (χ2v) is 7.82. The Balaban J connectivity index is 1.92. The van der Waals surface area contributed by atoms with E-state index in [2.05, 4.69) is 27.4 Å². The van der Waals surface area contributed by atoms with Crippen LogP contribution in [0.5, 0.6) is 0 Å². The van der Waals surface area contributed by atoms with Crippen molar-refractivity contribution in [1.82, 2.24) is 0 Å². The SMILES string of the molecule is C=CC(=O)OC1(C)C2CC3(C)CC1CC(C)(C2)C3. The molecule has 0 amide bonds. The van der Waals surface area contributed by atoms with E-state index < -0.39 is 0 Å². The van der Waals surface area contributed by atoms with Crippen molar-refractivity contribution in [3.63, 3.8) is 0 Å². The predicted octanol–water partition coefficient (Wildman–Crippen LogP) is 3.71. The summed E-state index contributed by atoms with van der Waals surface area (Å²) >= 11 is 0. The number of carbonyl (C=O) groups excluding carboxylic acids is 1. The number of esters is 1. The predicted molar refractivity (Wildman–Crippen MR) is 71.0 cm³/mol. The summed E-state index contributed by atoms with van der Waals surface area (Å²) in [6.45, 7) is 10.5. The Hall–Kier alpha value is -0.790. The van der Waals surface area contributed by atoms with Gasteiger partial charge in [-0.2, -0.15) is 0 Å². The van der Waals surface area contributed by atoms with Crippen LogP contribution in [0.4, 0.5) is 0 Å². The first-order valence-electron chi connectivity index (χ1n) is 7.14. The lowest BCUT2D eigenvalue weighted by atomic mass is 9.41. The van der Waals surface area contributed by atoms with Gasteiger partial charge in [-0.15, -0.1) is 0 Å². The average molecular weight is 248 g/mol. The number of ether oxygens (including phenoxy) is 1. The zero-order valence-corrected chi connectivity index (χ0v) is 11.8. The molecule has 0 aromatic rings. The number of carbonyl (C=O) groups is 1. The molecule has 0 aliphatic heterocycles. The van der Waals surface area contributed by atoms with Crippen LogP contribution in [0.3, 0.4) is 0 Å². The van der Waals surface area contributed by atoms with Crippen molar-refractivity contribution in [3.8, 4) is 0 Å². The van der Waals surface area contributed by atoms with Gasteiger partial charge in [0.2, 0.25) is 0 Å². The maximum atomic E-state index is 11.6. The number of hydrogen-bond donors (Lipinski definition) is 0. The summed E-state index contributed by atoms with van der Waals surface area (Å²) in [7, 11) is 0. The van der Waals surface area contributed by atoms with Gasteiger partial charge in [-0.25, -0.2) is 4.79 Å². The fourth-order valence-electron chi connectivity index (χ4n) is 5.58. The van der Waals surface area contributed by atoms with Crippen molar-refractivity contribution < 1.29 is 9.53 Å². The molecule has 4 saturated carbocycles. The molecule has 2 heteroatoms. The Kier molecular flexibility index (Phi) is 2.31. The third kappa shape index (κ3) is 1.57. The lowest BCUT2D eigenvalue weighted by Crippen LogP contribution is -2.63. The van der Waals surface area contributed by atoms with Gasteiger partial charge in [0.1, 0.15) is 5.60 Å². The molecular formula is C16H24O2. The highest BCUT2D eigenvalue weighted by molar-refractivity contribution is 5.81. The molecule has 0 unspecified atom stereocenters. The van der Waals surface area contributed by atoms with E-state index in [1.165, 1.54) is 38.2 Å². The molecule has 0 atom stereocenters. The van der Waals surface area contributed by atoms with Crippen LogP contribution in [0.2, 0.25) is 0 Å². The molecule has 100 valence electrons. The Morgan fingerprint density at radius 2 is 1.56 bits per heavy atom. The molecule has 4 fully saturated rings. The fraction of sp³-hybridized carbons (Fsp3) is 0.812. The fourth-order valence-corrected chi connectivity index (χ4v) is 5.58. The third-order valence-corrected chi connectivity index (χ3v) is 5.92. The molecule has 18 heavy (non-hydrogen) atoms. The molecule has 0 heterocycles. The van der Waals surface area contributed by atoms with Crippen LogP contribution in [-0.2, 0) is 9.53 Å². The minimum Gasteiger partial charge on any atom is -0.456 e. The molecule has 0 spiro atoms. The van der Waals surface area contributed by atoms with Crippen LogP contribution in [0.25, 0.3) is 0 Å². The highest BCUT2D eigenvalue weighted by Gasteiger charge is 2.63. The molecule has 4 rings (SSSR count). The van der Waals surface area contributed by atoms with Gasteiger partial charge in [0, 0.05) is 6.08 Å². The lowest BCUT2D eigenvalue weighted by molar-refractivity contribution is -0.229. The summed E-state index contributed by atoms with van der Waals surface area (Å²) in [6, 6.07) is 0. The maximum Gasteiger partial charge on any atom is 0.330 e. The van der Waals surface area contributed by atoms with Gasteiger partial charge in [0.15, 0.2) is 0 Å². The standard InChI is InChI=1S/C16H24O2/c1-5-13(17)18-16(4)11-6-14(2)7-12(16)9-15(3,8-11)10-14/h5,11-12H,1,6-10H2,2-4H3. The molecule has 4 aliphatic rings. The van der Waals surface area contributed by atoms with Crippen molar-refractivity contribution in [1.29, 1.82) is 0 Å². The van der Waals surface area contributed by atoms with Gasteiger partial charge in [-0.3, -0.25) is 0 Å². The monoisotopic (exact) mass is 248 g/mol. The molecule has 4 aliphatic carbocycles. The van der Waals surface area contributed by atoms with Crippen LogP contribution in [0.15, 0.2) is 12.7 Å². The Bertz CT molecular complexity index is 373. The van der Waals surface area contributed by atoms with Gasteiger partial charge >= 0.3 is 5.97 Å². The van der Waals surface area contributed by atoms with Gasteiger partial charge in [-0.1, -0.05) is 20.4 Å². The van der Waals surface area contributed by atoms with E-state index in [-0.39, 0.29) is 11.6 Å².